The van der Waals surface area contributed by atoms with Gasteiger partial charge in [0.15, 0.2) is 0 Å². The molecule has 0 saturated heterocycles. The second-order valence-electron chi connectivity index (χ2n) is 3.75. The summed E-state index contributed by atoms with van der Waals surface area (Å²) in [6.07, 6.45) is 2.44. The van der Waals surface area contributed by atoms with Crippen molar-refractivity contribution in [1.29, 1.82) is 0 Å². The molecule has 0 aromatic heterocycles. The van der Waals surface area contributed by atoms with Crippen LogP contribution in [-0.2, 0) is 11.2 Å². The van der Waals surface area contributed by atoms with E-state index in [1.807, 2.05) is 24.3 Å². The van der Waals surface area contributed by atoms with E-state index in [0.29, 0.717) is 12.2 Å². The Morgan fingerprint density at radius 1 is 1.27 bits per heavy atom. The van der Waals surface area contributed by atoms with E-state index in [9.17, 15) is 4.79 Å². The third-order valence-electron chi connectivity index (χ3n) is 2.76. The highest BCUT2D eigenvalue weighted by molar-refractivity contribution is 9.10. The molecular formula is C13H17BrO. The first-order valence-electron chi connectivity index (χ1n) is 5.45. The normalized spacial score (nSPS) is 10.7. The van der Waals surface area contributed by atoms with Gasteiger partial charge in [0.05, 0.1) is 0 Å². The molecule has 0 unspecified atom stereocenters. The van der Waals surface area contributed by atoms with Gasteiger partial charge in [-0.1, -0.05) is 48.0 Å². The molecule has 0 aliphatic rings. The molecule has 1 nitrogen and oxygen atoms in total. The van der Waals surface area contributed by atoms with Crippen molar-refractivity contribution >= 4 is 21.7 Å². The van der Waals surface area contributed by atoms with Gasteiger partial charge in [-0.15, -0.1) is 0 Å². The van der Waals surface area contributed by atoms with Crippen LogP contribution in [0.3, 0.4) is 0 Å². The van der Waals surface area contributed by atoms with Gasteiger partial charge in [-0.25, -0.2) is 0 Å². The van der Waals surface area contributed by atoms with Crippen LogP contribution >= 0.6 is 15.9 Å². The maximum atomic E-state index is 11.9. The van der Waals surface area contributed by atoms with Crippen molar-refractivity contribution in [3.8, 4) is 0 Å². The average molecular weight is 269 g/mol. The lowest BCUT2D eigenvalue weighted by molar-refractivity contribution is -0.122. The van der Waals surface area contributed by atoms with Crippen LogP contribution in [-0.4, -0.2) is 5.78 Å². The summed E-state index contributed by atoms with van der Waals surface area (Å²) in [5.41, 5.74) is 1.09. The lowest BCUT2D eigenvalue weighted by Crippen LogP contribution is -2.15. The zero-order chi connectivity index (χ0) is 11.3. The number of carbonyl (C=O) groups is 1. The summed E-state index contributed by atoms with van der Waals surface area (Å²) >= 11 is 3.47. The van der Waals surface area contributed by atoms with Gasteiger partial charge in [0.2, 0.25) is 0 Å². The summed E-state index contributed by atoms with van der Waals surface area (Å²) in [4.78, 5) is 11.9. The number of Topliss-reactive ketones (excluding diaryl/α,β-unsaturated/α-hetero) is 1. The van der Waals surface area contributed by atoms with Crippen LogP contribution < -0.4 is 0 Å². The van der Waals surface area contributed by atoms with Gasteiger partial charge in [0.1, 0.15) is 5.78 Å². The smallest absolute Gasteiger partial charge is 0.140 e. The van der Waals surface area contributed by atoms with Crippen LogP contribution in [0.25, 0.3) is 0 Å². The van der Waals surface area contributed by atoms with Crippen molar-refractivity contribution in [3.63, 3.8) is 0 Å². The SMILES string of the molecule is CCC(CC)C(=O)Cc1ccccc1Br. The molecular weight excluding hydrogens is 252 g/mol. The Hall–Kier alpha value is -0.630. The van der Waals surface area contributed by atoms with Crippen molar-refractivity contribution in [2.75, 3.05) is 0 Å². The van der Waals surface area contributed by atoms with E-state index in [-0.39, 0.29) is 5.92 Å². The molecule has 1 aromatic rings. The number of benzene rings is 1. The predicted octanol–water partition coefficient (Wildman–Crippen LogP) is 4.00. The van der Waals surface area contributed by atoms with Gasteiger partial charge in [0.25, 0.3) is 0 Å². The van der Waals surface area contributed by atoms with Crippen molar-refractivity contribution in [3.05, 3.63) is 34.3 Å². The van der Waals surface area contributed by atoms with E-state index >= 15 is 0 Å². The molecule has 0 bridgehead atoms. The number of hydrogen-bond acceptors (Lipinski definition) is 1. The van der Waals surface area contributed by atoms with Crippen LogP contribution in [0.15, 0.2) is 28.7 Å². The quantitative estimate of drug-likeness (QED) is 0.789. The van der Waals surface area contributed by atoms with Gasteiger partial charge < -0.3 is 0 Å². The summed E-state index contributed by atoms with van der Waals surface area (Å²) < 4.78 is 1.03. The fraction of sp³-hybridized carbons (Fsp3) is 0.462. The van der Waals surface area contributed by atoms with Crippen molar-refractivity contribution in [2.45, 2.75) is 33.1 Å². The highest BCUT2D eigenvalue weighted by atomic mass is 79.9. The van der Waals surface area contributed by atoms with Gasteiger partial charge in [-0.2, -0.15) is 0 Å². The van der Waals surface area contributed by atoms with Crippen LogP contribution in [0.5, 0.6) is 0 Å². The molecule has 2 heteroatoms. The monoisotopic (exact) mass is 268 g/mol. The third kappa shape index (κ3) is 3.45. The molecule has 0 N–H and O–H groups in total. The van der Waals surface area contributed by atoms with Gasteiger partial charge >= 0.3 is 0 Å². The predicted molar refractivity (Wildman–Crippen MR) is 66.9 cm³/mol. The molecule has 0 spiro atoms. The molecule has 82 valence electrons. The summed E-state index contributed by atoms with van der Waals surface area (Å²) in [6.45, 7) is 4.15. The molecule has 1 rings (SSSR count). The lowest BCUT2D eigenvalue weighted by atomic mass is 9.93. The molecule has 0 atom stereocenters. The second-order valence-corrected chi connectivity index (χ2v) is 4.60. The zero-order valence-corrected chi connectivity index (χ0v) is 10.9. The summed E-state index contributed by atoms with van der Waals surface area (Å²) in [7, 11) is 0. The fourth-order valence-corrected chi connectivity index (χ4v) is 2.14. The molecule has 15 heavy (non-hydrogen) atoms. The van der Waals surface area contributed by atoms with Gasteiger partial charge in [0, 0.05) is 16.8 Å². The summed E-state index contributed by atoms with van der Waals surface area (Å²) in [5.74, 6) is 0.573. The minimum Gasteiger partial charge on any atom is -0.299 e. The van der Waals surface area contributed by atoms with Crippen LogP contribution in [0.4, 0.5) is 0 Å². The Bertz CT molecular complexity index is 329. The molecule has 0 amide bonds. The minimum atomic E-state index is 0.220. The van der Waals surface area contributed by atoms with Gasteiger partial charge in [-0.3, -0.25) is 4.79 Å². The van der Waals surface area contributed by atoms with E-state index in [2.05, 4.69) is 29.8 Å². The largest absolute Gasteiger partial charge is 0.299 e. The van der Waals surface area contributed by atoms with Crippen molar-refractivity contribution < 1.29 is 4.79 Å². The van der Waals surface area contributed by atoms with E-state index in [0.717, 1.165) is 22.9 Å². The first kappa shape index (κ1) is 12.4. The fourth-order valence-electron chi connectivity index (χ4n) is 1.72. The van der Waals surface area contributed by atoms with Crippen LogP contribution in [0.1, 0.15) is 32.3 Å². The second kappa shape index (κ2) is 6.06. The van der Waals surface area contributed by atoms with Gasteiger partial charge in [-0.05, 0) is 24.5 Å². The maximum Gasteiger partial charge on any atom is 0.140 e. The molecule has 0 saturated carbocycles. The standard InChI is InChI=1S/C13H17BrO/c1-3-10(4-2)13(15)9-11-7-5-6-8-12(11)14/h5-8,10H,3-4,9H2,1-2H3. The number of halogens is 1. The molecule has 0 radical (unpaired) electrons. The topological polar surface area (TPSA) is 17.1 Å². The number of ketones is 1. The zero-order valence-electron chi connectivity index (χ0n) is 9.29. The van der Waals surface area contributed by atoms with E-state index < -0.39 is 0 Å². The van der Waals surface area contributed by atoms with E-state index in [4.69, 9.17) is 0 Å². The molecule has 0 aliphatic carbocycles. The summed E-state index contributed by atoms with van der Waals surface area (Å²) in [6, 6.07) is 7.93. The highest BCUT2D eigenvalue weighted by Gasteiger charge is 2.15. The van der Waals surface area contributed by atoms with Crippen LogP contribution in [0, 0.1) is 5.92 Å². The van der Waals surface area contributed by atoms with E-state index in [1.54, 1.807) is 0 Å². The molecule has 0 aliphatic heterocycles. The first-order chi connectivity index (χ1) is 7.19. The molecule has 0 heterocycles. The Kier molecular flexibility index (Phi) is 5.03. The third-order valence-corrected chi connectivity index (χ3v) is 3.54. The Morgan fingerprint density at radius 3 is 2.40 bits per heavy atom. The Morgan fingerprint density at radius 2 is 1.87 bits per heavy atom. The molecule has 1 aromatic carbocycles. The number of hydrogen-bond donors (Lipinski definition) is 0. The summed E-state index contributed by atoms with van der Waals surface area (Å²) in [5, 5.41) is 0. The highest BCUT2D eigenvalue weighted by Crippen LogP contribution is 2.19. The van der Waals surface area contributed by atoms with E-state index in [1.165, 1.54) is 0 Å². The molecule has 0 fully saturated rings. The minimum absolute atomic E-state index is 0.220. The average Bonchev–Trinajstić information content (AvgIpc) is 2.23. The first-order valence-corrected chi connectivity index (χ1v) is 6.24. The number of carbonyl (C=O) groups excluding carboxylic acids is 1. The van der Waals surface area contributed by atoms with Crippen molar-refractivity contribution in [2.24, 2.45) is 5.92 Å². The maximum absolute atomic E-state index is 11.9. The Labute approximate surface area is 100 Å². The van der Waals surface area contributed by atoms with Crippen molar-refractivity contribution in [1.82, 2.24) is 0 Å². The Balaban J connectivity index is 2.70. The van der Waals surface area contributed by atoms with Crippen LogP contribution in [0.2, 0.25) is 0 Å². The number of rotatable bonds is 5. The lowest BCUT2D eigenvalue weighted by Gasteiger charge is -2.11.